The molecule has 0 aliphatic rings. The van der Waals surface area contributed by atoms with Gasteiger partial charge in [0.15, 0.2) is 0 Å². The molecule has 1 atom stereocenters. The zero-order valence-corrected chi connectivity index (χ0v) is 22.4. The fourth-order valence-electron chi connectivity index (χ4n) is 4.81. The van der Waals surface area contributed by atoms with Crippen molar-refractivity contribution in [2.45, 2.75) is 45.6 Å². The van der Waals surface area contributed by atoms with E-state index in [4.69, 9.17) is 9.72 Å². The van der Waals surface area contributed by atoms with Crippen molar-refractivity contribution in [1.82, 2.24) is 14.5 Å². The van der Waals surface area contributed by atoms with Crippen molar-refractivity contribution >= 4 is 22.5 Å². The van der Waals surface area contributed by atoms with Gasteiger partial charge in [-0.2, -0.15) is 0 Å². The minimum Gasteiger partial charge on any atom is -0.495 e. The molecule has 0 saturated heterocycles. The van der Waals surface area contributed by atoms with E-state index in [0.29, 0.717) is 41.1 Å². The highest BCUT2D eigenvalue weighted by atomic mass is 16.6. The van der Waals surface area contributed by atoms with Gasteiger partial charge in [-0.05, 0) is 43.2 Å². The number of ether oxygens (including phenoxy) is 1. The number of fused-ring (bicyclic) bond motifs is 1. The van der Waals surface area contributed by atoms with Crippen LogP contribution >= 0.6 is 0 Å². The number of amides is 1. The van der Waals surface area contributed by atoms with Crippen LogP contribution in [0, 0.1) is 10.1 Å². The van der Waals surface area contributed by atoms with E-state index in [-0.39, 0.29) is 22.7 Å². The lowest BCUT2D eigenvalue weighted by Crippen LogP contribution is -2.39. The second-order valence-electron chi connectivity index (χ2n) is 9.24. The van der Waals surface area contributed by atoms with Gasteiger partial charge in [-0.3, -0.25) is 24.3 Å². The topological polar surface area (TPSA) is 108 Å². The highest BCUT2D eigenvalue weighted by Gasteiger charge is 2.30. The number of hydrogen-bond acceptors (Lipinski definition) is 6. The van der Waals surface area contributed by atoms with Crippen LogP contribution in [0.4, 0.5) is 5.69 Å². The van der Waals surface area contributed by atoms with Gasteiger partial charge >= 0.3 is 0 Å². The van der Waals surface area contributed by atoms with Gasteiger partial charge < -0.3 is 9.64 Å². The number of carbonyl (C=O) groups is 1. The van der Waals surface area contributed by atoms with Crippen molar-refractivity contribution in [2.24, 2.45) is 0 Å². The molecular formula is C30H32N4O5. The Hall–Kier alpha value is -4.53. The van der Waals surface area contributed by atoms with Crippen molar-refractivity contribution in [1.29, 1.82) is 0 Å². The molecule has 0 radical (unpaired) electrons. The normalized spacial score (nSPS) is 11.8. The maximum Gasteiger partial charge on any atom is 0.270 e. The zero-order valence-electron chi connectivity index (χ0n) is 22.4. The van der Waals surface area contributed by atoms with Gasteiger partial charge in [0.2, 0.25) is 0 Å². The number of non-ortho nitro benzene ring substituents is 1. The molecular weight excluding hydrogens is 496 g/mol. The first-order valence-corrected chi connectivity index (χ1v) is 13.1. The summed E-state index contributed by atoms with van der Waals surface area (Å²) in [4.78, 5) is 45.5. The minimum absolute atomic E-state index is 0.155. The van der Waals surface area contributed by atoms with Crippen LogP contribution in [0.1, 0.15) is 61.8 Å². The lowest BCUT2D eigenvalue weighted by molar-refractivity contribution is -0.384. The molecule has 39 heavy (non-hydrogen) atoms. The summed E-state index contributed by atoms with van der Waals surface area (Å²) in [7, 11) is 1.54. The van der Waals surface area contributed by atoms with Gasteiger partial charge in [-0.1, -0.05) is 57.0 Å². The number of aromatic nitrogens is 2. The van der Waals surface area contributed by atoms with Crippen LogP contribution in [-0.2, 0) is 0 Å². The zero-order chi connectivity index (χ0) is 27.9. The second kappa shape index (κ2) is 12.3. The number of nitro benzene ring substituents is 1. The van der Waals surface area contributed by atoms with E-state index in [1.807, 2.05) is 25.1 Å². The Kier molecular flexibility index (Phi) is 8.70. The standard InChI is InChI=1S/C30H32N4O5/c1-4-6-11-19-32(29(35)21-13-12-14-22(20-21)34(37)38)25(5-2)28-31-24-16-8-7-15-23(24)30(36)33(28)26-17-9-10-18-27(26)39-3/h7-10,12-18,20,25H,4-6,11,19H2,1-3H3. The first-order valence-electron chi connectivity index (χ1n) is 13.1. The molecule has 3 aromatic carbocycles. The van der Waals surface area contributed by atoms with E-state index in [1.165, 1.54) is 29.9 Å². The van der Waals surface area contributed by atoms with E-state index in [2.05, 4.69) is 6.92 Å². The molecule has 4 rings (SSSR count). The number of para-hydroxylation sites is 3. The molecule has 0 aliphatic heterocycles. The Bertz CT molecular complexity index is 1550. The first-order chi connectivity index (χ1) is 18.9. The molecule has 0 aliphatic carbocycles. The number of methoxy groups -OCH3 is 1. The lowest BCUT2D eigenvalue weighted by Gasteiger charge is -2.32. The van der Waals surface area contributed by atoms with Crippen molar-refractivity contribution in [3.8, 4) is 11.4 Å². The summed E-state index contributed by atoms with van der Waals surface area (Å²) in [6.45, 7) is 4.42. The van der Waals surface area contributed by atoms with Crippen molar-refractivity contribution < 1.29 is 14.5 Å². The smallest absolute Gasteiger partial charge is 0.270 e. The monoisotopic (exact) mass is 528 g/mol. The van der Waals surface area contributed by atoms with Crippen LogP contribution in [0.3, 0.4) is 0 Å². The molecule has 0 saturated carbocycles. The third-order valence-electron chi connectivity index (χ3n) is 6.76. The molecule has 0 N–H and O–H groups in total. The van der Waals surface area contributed by atoms with E-state index in [1.54, 1.807) is 41.3 Å². The van der Waals surface area contributed by atoms with Crippen LogP contribution in [0.15, 0.2) is 77.6 Å². The molecule has 0 bridgehead atoms. The van der Waals surface area contributed by atoms with Crippen LogP contribution in [0.2, 0.25) is 0 Å². The predicted octanol–water partition coefficient (Wildman–Crippen LogP) is 6.09. The van der Waals surface area contributed by atoms with Gasteiger partial charge in [-0.25, -0.2) is 4.98 Å². The van der Waals surface area contributed by atoms with Gasteiger partial charge in [0.25, 0.3) is 17.2 Å². The number of rotatable bonds is 11. The molecule has 1 amide bonds. The van der Waals surface area contributed by atoms with E-state index in [9.17, 15) is 19.7 Å². The average molecular weight is 529 g/mol. The molecule has 1 unspecified atom stereocenters. The fraction of sp³-hybridized carbons (Fsp3) is 0.300. The van der Waals surface area contributed by atoms with E-state index >= 15 is 0 Å². The maximum absolute atomic E-state index is 14.0. The largest absolute Gasteiger partial charge is 0.495 e. The average Bonchev–Trinajstić information content (AvgIpc) is 2.96. The van der Waals surface area contributed by atoms with Crippen LogP contribution in [-0.4, -0.2) is 38.9 Å². The third kappa shape index (κ3) is 5.67. The SMILES string of the molecule is CCCCCN(C(=O)c1cccc([N+](=O)[O-])c1)C(CC)c1nc2ccccc2c(=O)n1-c1ccccc1OC. The Labute approximate surface area is 226 Å². The van der Waals surface area contributed by atoms with Crippen LogP contribution < -0.4 is 10.3 Å². The molecule has 9 heteroatoms. The summed E-state index contributed by atoms with van der Waals surface area (Å²) >= 11 is 0. The van der Waals surface area contributed by atoms with Gasteiger partial charge in [0.1, 0.15) is 11.6 Å². The van der Waals surface area contributed by atoms with Crippen LogP contribution in [0.5, 0.6) is 5.75 Å². The molecule has 9 nitrogen and oxygen atoms in total. The summed E-state index contributed by atoms with van der Waals surface area (Å²) in [5, 5.41) is 11.9. The van der Waals surface area contributed by atoms with Gasteiger partial charge in [-0.15, -0.1) is 0 Å². The highest BCUT2D eigenvalue weighted by molar-refractivity contribution is 5.95. The predicted molar refractivity (Wildman–Crippen MR) is 151 cm³/mol. The van der Waals surface area contributed by atoms with Crippen molar-refractivity contribution in [3.05, 3.63) is 105 Å². The Morgan fingerprint density at radius 2 is 1.79 bits per heavy atom. The van der Waals surface area contributed by atoms with E-state index in [0.717, 1.165) is 19.3 Å². The molecule has 0 fully saturated rings. The Morgan fingerprint density at radius 3 is 2.51 bits per heavy atom. The first kappa shape index (κ1) is 27.5. The number of nitrogens with zero attached hydrogens (tertiary/aromatic N) is 4. The van der Waals surface area contributed by atoms with Crippen molar-refractivity contribution in [3.63, 3.8) is 0 Å². The lowest BCUT2D eigenvalue weighted by atomic mass is 10.1. The Morgan fingerprint density at radius 1 is 1.05 bits per heavy atom. The number of nitro groups is 1. The molecule has 0 spiro atoms. The van der Waals surface area contributed by atoms with Crippen molar-refractivity contribution in [2.75, 3.05) is 13.7 Å². The molecule has 1 heterocycles. The highest BCUT2D eigenvalue weighted by Crippen LogP contribution is 2.31. The second-order valence-corrected chi connectivity index (χ2v) is 9.24. The molecule has 202 valence electrons. The maximum atomic E-state index is 14.0. The summed E-state index contributed by atoms with van der Waals surface area (Å²) in [6.07, 6.45) is 3.06. The minimum atomic E-state index is -0.587. The fourth-order valence-corrected chi connectivity index (χ4v) is 4.81. The van der Waals surface area contributed by atoms with Gasteiger partial charge in [0.05, 0.1) is 34.7 Å². The summed E-state index contributed by atoms with van der Waals surface area (Å²) in [5.41, 5.74) is 0.838. The Balaban J connectivity index is 1.95. The van der Waals surface area contributed by atoms with E-state index < -0.39 is 11.0 Å². The van der Waals surface area contributed by atoms with Crippen LogP contribution in [0.25, 0.3) is 16.6 Å². The summed E-state index contributed by atoms with van der Waals surface area (Å²) in [5.74, 6) is 0.548. The quantitative estimate of drug-likeness (QED) is 0.133. The third-order valence-corrected chi connectivity index (χ3v) is 6.76. The van der Waals surface area contributed by atoms with Gasteiger partial charge in [0, 0.05) is 24.2 Å². The number of unbranched alkanes of at least 4 members (excludes halogenated alkanes) is 2. The summed E-state index contributed by atoms with van der Waals surface area (Å²) < 4.78 is 7.13. The number of benzene rings is 3. The molecule has 1 aromatic heterocycles. The number of carbonyl (C=O) groups excluding carboxylic acids is 1. The summed E-state index contributed by atoms with van der Waals surface area (Å²) in [6, 6.07) is 19.5. The number of hydrogen-bond donors (Lipinski definition) is 0. The molecule has 4 aromatic rings.